The van der Waals surface area contributed by atoms with Gasteiger partial charge in [-0.05, 0) is 29.6 Å². The third-order valence-corrected chi connectivity index (χ3v) is 3.69. The van der Waals surface area contributed by atoms with Gasteiger partial charge < -0.3 is 11.1 Å². The van der Waals surface area contributed by atoms with Gasteiger partial charge in [0, 0.05) is 5.56 Å². The van der Waals surface area contributed by atoms with Crippen molar-refractivity contribution < 1.29 is 18.0 Å². The minimum absolute atomic E-state index is 0.0234. The summed E-state index contributed by atoms with van der Waals surface area (Å²) in [6.07, 6.45) is -4.50. The molecule has 0 saturated heterocycles. The number of carbonyl (C=O) groups is 1. The number of rotatable bonds is 3. The summed E-state index contributed by atoms with van der Waals surface area (Å²) in [5.74, 6) is -0.428. The van der Waals surface area contributed by atoms with Gasteiger partial charge in [0.05, 0.1) is 16.1 Å². The Morgan fingerprint density at radius 2 is 2.00 bits per heavy atom. The first-order valence-corrected chi connectivity index (χ1v) is 6.93. The van der Waals surface area contributed by atoms with E-state index in [0.717, 1.165) is 18.2 Å². The van der Waals surface area contributed by atoms with Gasteiger partial charge in [-0.15, -0.1) is 11.3 Å². The van der Waals surface area contributed by atoms with Crippen LogP contribution >= 0.6 is 23.6 Å². The van der Waals surface area contributed by atoms with E-state index in [4.69, 9.17) is 18.0 Å². The molecule has 0 saturated carbocycles. The Morgan fingerprint density at radius 1 is 1.29 bits per heavy atom. The molecule has 110 valence electrons. The molecule has 8 heteroatoms. The Bertz CT molecular complexity index is 681. The van der Waals surface area contributed by atoms with E-state index in [9.17, 15) is 18.0 Å². The number of anilines is 1. The number of nitrogens with two attached hydrogens (primary N) is 1. The van der Waals surface area contributed by atoms with Crippen LogP contribution in [-0.4, -0.2) is 10.9 Å². The van der Waals surface area contributed by atoms with E-state index in [0.29, 0.717) is 4.88 Å². The summed E-state index contributed by atoms with van der Waals surface area (Å²) in [7, 11) is 0. The third kappa shape index (κ3) is 3.59. The number of amides is 1. The van der Waals surface area contributed by atoms with Crippen LogP contribution < -0.4 is 11.1 Å². The molecule has 0 spiro atoms. The fourth-order valence-electron chi connectivity index (χ4n) is 1.63. The number of nitrogens with one attached hydrogen (secondary N) is 1. The Kier molecular flexibility index (Phi) is 4.29. The predicted octanol–water partition coefficient (Wildman–Crippen LogP) is 3.65. The van der Waals surface area contributed by atoms with Crippen molar-refractivity contribution in [3.8, 4) is 0 Å². The average Bonchev–Trinajstić information content (AvgIpc) is 2.91. The highest BCUT2D eigenvalue weighted by atomic mass is 32.1. The molecule has 0 unspecified atom stereocenters. The summed E-state index contributed by atoms with van der Waals surface area (Å²) in [5, 5.41) is 4.23. The second-order valence-electron chi connectivity index (χ2n) is 4.05. The quantitative estimate of drug-likeness (QED) is 0.845. The van der Waals surface area contributed by atoms with Crippen molar-refractivity contribution in [1.29, 1.82) is 0 Å². The number of halogens is 3. The summed E-state index contributed by atoms with van der Waals surface area (Å²) in [5.41, 5.74) is 4.68. The molecule has 0 bridgehead atoms. The minimum Gasteiger partial charge on any atom is -0.389 e. The number of thiophene rings is 1. The van der Waals surface area contributed by atoms with Crippen molar-refractivity contribution in [3.63, 3.8) is 0 Å². The first kappa shape index (κ1) is 15.5. The molecule has 0 atom stereocenters. The summed E-state index contributed by atoms with van der Waals surface area (Å²) in [6.45, 7) is 0. The van der Waals surface area contributed by atoms with Crippen LogP contribution in [0.4, 0.5) is 18.9 Å². The molecule has 3 N–H and O–H groups in total. The molecule has 3 nitrogen and oxygen atoms in total. The number of benzene rings is 1. The van der Waals surface area contributed by atoms with Gasteiger partial charge in [-0.2, -0.15) is 13.2 Å². The molecular weight excluding hydrogens is 321 g/mol. The Morgan fingerprint density at radius 3 is 2.52 bits per heavy atom. The van der Waals surface area contributed by atoms with Crippen LogP contribution in [0.15, 0.2) is 35.7 Å². The lowest BCUT2D eigenvalue weighted by atomic mass is 10.1. The molecule has 1 amide bonds. The van der Waals surface area contributed by atoms with Gasteiger partial charge in [0.25, 0.3) is 5.91 Å². The zero-order valence-electron chi connectivity index (χ0n) is 10.4. The smallest absolute Gasteiger partial charge is 0.389 e. The molecule has 0 aliphatic carbocycles. The van der Waals surface area contributed by atoms with Gasteiger partial charge in [-0.25, -0.2) is 0 Å². The standard InChI is InChI=1S/C13H9F3N2OS2/c14-13(15,16)7-3-4-9(8(6-7)11(17)20)18-12(19)10-2-1-5-21-10/h1-6H,(H2,17,20)(H,18,19). The lowest BCUT2D eigenvalue weighted by Crippen LogP contribution is -2.18. The highest BCUT2D eigenvalue weighted by Gasteiger charge is 2.31. The number of hydrogen-bond acceptors (Lipinski definition) is 3. The van der Waals surface area contributed by atoms with Crippen LogP contribution in [0.3, 0.4) is 0 Å². The molecule has 2 aromatic rings. The van der Waals surface area contributed by atoms with Crippen LogP contribution in [0.5, 0.6) is 0 Å². The van der Waals surface area contributed by atoms with Crippen molar-refractivity contribution in [2.45, 2.75) is 6.18 Å². The van der Waals surface area contributed by atoms with Gasteiger partial charge in [-0.1, -0.05) is 18.3 Å². The lowest BCUT2D eigenvalue weighted by Gasteiger charge is -2.13. The van der Waals surface area contributed by atoms with Crippen LogP contribution in [0.1, 0.15) is 20.8 Å². The second-order valence-corrected chi connectivity index (χ2v) is 5.44. The molecule has 0 aliphatic rings. The van der Waals surface area contributed by atoms with E-state index in [2.05, 4.69) is 5.32 Å². The molecule has 1 aromatic carbocycles. The normalized spacial score (nSPS) is 11.2. The summed E-state index contributed by atoms with van der Waals surface area (Å²) >= 11 is 5.96. The minimum atomic E-state index is -4.50. The van der Waals surface area contributed by atoms with Crippen molar-refractivity contribution in [2.24, 2.45) is 5.73 Å². The Balaban J connectivity index is 2.35. The van der Waals surface area contributed by atoms with Crippen molar-refractivity contribution in [1.82, 2.24) is 0 Å². The van der Waals surface area contributed by atoms with Gasteiger partial charge >= 0.3 is 6.18 Å². The van der Waals surface area contributed by atoms with Gasteiger partial charge in [0.1, 0.15) is 4.99 Å². The van der Waals surface area contributed by atoms with Crippen LogP contribution in [0.25, 0.3) is 0 Å². The maximum atomic E-state index is 12.7. The molecule has 1 aromatic heterocycles. The van der Waals surface area contributed by atoms with Crippen molar-refractivity contribution in [2.75, 3.05) is 5.32 Å². The fourth-order valence-corrected chi connectivity index (χ4v) is 2.41. The number of hydrogen-bond donors (Lipinski definition) is 2. The maximum Gasteiger partial charge on any atom is 0.416 e. The van der Waals surface area contributed by atoms with E-state index in [1.807, 2.05) is 0 Å². The zero-order valence-corrected chi connectivity index (χ0v) is 12.0. The molecular formula is C13H9F3N2OS2. The predicted molar refractivity (Wildman–Crippen MR) is 79.6 cm³/mol. The van der Waals surface area contributed by atoms with E-state index < -0.39 is 17.6 Å². The molecule has 0 aliphatic heterocycles. The molecule has 21 heavy (non-hydrogen) atoms. The number of carbonyl (C=O) groups excluding carboxylic acids is 1. The first-order chi connectivity index (χ1) is 9.79. The van der Waals surface area contributed by atoms with E-state index >= 15 is 0 Å². The number of alkyl halides is 3. The summed E-state index contributed by atoms with van der Waals surface area (Å²) in [4.78, 5) is 12.1. The highest BCUT2D eigenvalue weighted by Crippen LogP contribution is 2.32. The van der Waals surface area contributed by atoms with E-state index in [1.165, 1.54) is 11.3 Å². The van der Waals surface area contributed by atoms with Crippen LogP contribution in [-0.2, 0) is 6.18 Å². The van der Waals surface area contributed by atoms with Crippen LogP contribution in [0.2, 0.25) is 0 Å². The fraction of sp³-hybridized carbons (Fsp3) is 0.0769. The molecule has 1 heterocycles. The topological polar surface area (TPSA) is 55.1 Å². The second kappa shape index (κ2) is 5.82. The van der Waals surface area contributed by atoms with E-state index in [-0.39, 0.29) is 16.2 Å². The Hall–Kier alpha value is -1.93. The highest BCUT2D eigenvalue weighted by molar-refractivity contribution is 7.80. The molecule has 0 radical (unpaired) electrons. The van der Waals surface area contributed by atoms with Crippen molar-refractivity contribution >= 4 is 40.1 Å². The van der Waals surface area contributed by atoms with Crippen LogP contribution in [0, 0.1) is 0 Å². The van der Waals surface area contributed by atoms with Crippen molar-refractivity contribution in [3.05, 3.63) is 51.7 Å². The van der Waals surface area contributed by atoms with Gasteiger partial charge in [-0.3, -0.25) is 4.79 Å². The SMILES string of the molecule is NC(=S)c1cc(C(F)(F)F)ccc1NC(=O)c1cccs1. The molecule has 0 fully saturated rings. The zero-order chi connectivity index (χ0) is 15.6. The largest absolute Gasteiger partial charge is 0.416 e. The lowest BCUT2D eigenvalue weighted by molar-refractivity contribution is -0.137. The average molecular weight is 330 g/mol. The van der Waals surface area contributed by atoms with Gasteiger partial charge in [0.2, 0.25) is 0 Å². The van der Waals surface area contributed by atoms with E-state index in [1.54, 1.807) is 17.5 Å². The first-order valence-electron chi connectivity index (χ1n) is 5.65. The molecule has 2 rings (SSSR count). The van der Waals surface area contributed by atoms with Gasteiger partial charge in [0.15, 0.2) is 0 Å². The maximum absolute atomic E-state index is 12.7. The summed E-state index contributed by atoms with van der Waals surface area (Å²) < 4.78 is 38.0. The third-order valence-electron chi connectivity index (χ3n) is 2.61. The summed E-state index contributed by atoms with van der Waals surface area (Å²) in [6, 6.07) is 6.13. The monoisotopic (exact) mass is 330 g/mol. The Labute approximate surface area is 127 Å². The number of thiocarbonyl (C=S) groups is 1.